The van der Waals surface area contributed by atoms with Crippen LogP contribution in [0.3, 0.4) is 0 Å². The van der Waals surface area contributed by atoms with Crippen molar-refractivity contribution in [3.63, 3.8) is 0 Å². The zero-order chi connectivity index (χ0) is 93.1. The molecule has 0 saturated heterocycles. The number of aryl methyl sites for hydroxylation is 3. The number of aromatic nitrogens is 16. The second-order valence-electron chi connectivity index (χ2n) is 31.1. The van der Waals surface area contributed by atoms with Gasteiger partial charge < -0.3 is 28.4 Å². The molecule has 134 heavy (non-hydrogen) atoms. The van der Waals surface area contributed by atoms with Gasteiger partial charge in [0.05, 0.1) is 62.1 Å². The zero-order valence-corrected chi connectivity index (χ0v) is 74.3. The minimum absolute atomic E-state index is 0.0350. The molecule has 2 fully saturated rings. The molecule has 16 aromatic rings. The molecule has 0 spiro atoms. The molecule has 28 heteroatoms. The van der Waals surface area contributed by atoms with Crippen LogP contribution >= 0.6 is 0 Å². The van der Waals surface area contributed by atoms with Crippen LogP contribution in [0.25, 0.3) is 0 Å². The first kappa shape index (κ1) is 94.9. The lowest BCUT2D eigenvalue weighted by Gasteiger charge is -2.20. The van der Waals surface area contributed by atoms with Gasteiger partial charge in [-0.2, -0.15) is 5.10 Å². The highest BCUT2D eigenvalue weighted by molar-refractivity contribution is 5.98. The van der Waals surface area contributed by atoms with Gasteiger partial charge in [0.15, 0.2) is 34.7 Å². The summed E-state index contributed by atoms with van der Waals surface area (Å²) < 4.78 is 35.7. The van der Waals surface area contributed by atoms with Gasteiger partial charge >= 0.3 is 0 Å². The average Bonchev–Trinajstić information content (AvgIpc) is 1.06. The Morgan fingerprint density at radius 2 is 0.612 bits per heavy atom. The number of ketones is 6. The fraction of sp³-hybridized carbons (Fsp3) is 0.198. The van der Waals surface area contributed by atoms with Gasteiger partial charge in [-0.3, -0.25) is 103 Å². The Morgan fingerprint density at radius 1 is 0.291 bits per heavy atom. The highest BCUT2D eigenvalue weighted by Crippen LogP contribution is 2.33. The van der Waals surface area contributed by atoms with Crippen molar-refractivity contribution < 1.29 is 57.2 Å². The number of nitrogens with zero attached hydrogens (tertiary/aromatic N) is 16. The molecule has 2 aliphatic carbocycles. The molecule has 0 amide bonds. The van der Waals surface area contributed by atoms with E-state index < -0.39 is 0 Å². The first-order valence-electron chi connectivity index (χ1n) is 43.9. The molecule has 15 aromatic heterocycles. The van der Waals surface area contributed by atoms with Gasteiger partial charge in [-0.15, -0.1) is 0 Å². The largest absolute Gasteiger partial charge is 0.456 e. The van der Waals surface area contributed by atoms with Crippen molar-refractivity contribution >= 4 is 34.7 Å². The third-order valence-electron chi connectivity index (χ3n) is 20.7. The van der Waals surface area contributed by atoms with Crippen LogP contribution < -0.4 is 28.4 Å². The predicted molar refractivity (Wildman–Crippen MR) is 502 cm³/mol. The lowest BCUT2D eigenvalue weighted by atomic mass is 9.85. The first-order chi connectivity index (χ1) is 65.6. The number of pyridine rings is 14. The standard InChI is InChI=1S/C19H17N3O2.C19H16N2O2.C18H20N2O2.C17H13N3O2.C17H18N2O2.C16H14N4O2/c1-2-14-5-3-6-15(22-14)11-19(23)18-12-16(8-10-21-18)24-17-7-4-9-20-13-17;1-14-4-2-5-15(10-14)11-19(22)18-12-16(7-9-21-18)23-17-6-3-8-20-13-17;21-18(11-14-5-2-1-3-6-14)17-12-15(8-10-20-17)22-16-7-4-9-19-13-16;21-17(10-13-4-1-2-8-19-13)16-11-14(6-9-20-16)22-15-5-3-7-18-12-15;20-17(10-13-4-1-2-5-13)16-11-14(7-9-19-16)21-15-6-3-8-18-12-15;1-20-8-5-12(19-20)9-16(21)15-10-13(4-7-18-15)22-14-3-2-6-17-11-14/h3-10,12-13H,2,11H2,1H3;2-10,12-13H,11H2,1H3;4,7-10,12-14H,1-3,5-6,11H2;1-9,11-12H,10H2;3,6-9,11-13H,1-2,4-5,10H2;2-8,10-11H,9H2,1H3. The van der Waals surface area contributed by atoms with E-state index >= 15 is 0 Å². The monoisotopic (exact) mass is 1790 g/mol. The summed E-state index contributed by atoms with van der Waals surface area (Å²) in [6.07, 6.45) is 46.7. The summed E-state index contributed by atoms with van der Waals surface area (Å²) in [6.45, 7) is 4.04. The molecule has 18 rings (SSSR count). The highest BCUT2D eigenvalue weighted by Gasteiger charge is 2.23. The molecule has 28 nitrogen and oxygen atoms in total. The van der Waals surface area contributed by atoms with Gasteiger partial charge in [-0.1, -0.05) is 107 Å². The van der Waals surface area contributed by atoms with E-state index in [1.54, 1.807) is 244 Å². The molecule has 2 saturated carbocycles. The Hall–Kier alpha value is -16.7. The van der Waals surface area contributed by atoms with Gasteiger partial charge in [0.25, 0.3) is 0 Å². The Kier molecular flexibility index (Phi) is 36.1. The third-order valence-corrected chi connectivity index (χ3v) is 20.7. The number of ether oxygens (including phenoxy) is 6. The molecule has 2 aliphatic rings. The first-order valence-corrected chi connectivity index (χ1v) is 43.9. The van der Waals surface area contributed by atoms with Crippen molar-refractivity contribution in [2.24, 2.45) is 18.9 Å². The second kappa shape index (κ2) is 50.9. The molecular weight excluding hydrogens is 1690 g/mol. The van der Waals surface area contributed by atoms with Crippen molar-refractivity contribution in [2.45, 2.75) is 117 Å². The second-order valence-corrected chi connectivity index (χ2v) is 31.1. The van der Waals surface area contributed by atoms with E-state index in [1.807, 2.05) is 118 Å². The molecule has 1 aromatic carbocycles. The Labute approximate surface area is 775 Å². The normalized spacial score (nSPS) is 11.9. The van der Waals surface area contributed by atoms with Crippen molar-refractivity contribution in [1.29, 1.82) is 0 Å². The molecule has 0 N–H and O–H groups in total. The number of carbonyl (C=O) groups excluding carboxylic acids is 6. The van der Waals surface area contributed by atoms with E-state index in [0.29, 0.717) is 146 Å². The molecule has 0 bridgehead atoms. The number of hydrogen-bond acceptors (Lipinski definition) is 27. The van der Waals surface area contributed by atoms with Crippen LogP contribution in [0.2, 0.25) is 0 Å². The van der Waals surface area contributed by atoms with Crippen molar-refractivity contribution in [2.75, 3.05) is 0 Å². The van der Waals surface area contributed by atoms with Gasteiger partial charge in [0.2, 0.25) is 0 Å². The van der Waals surface area contributed by atoms with E-state index in [9.17, 15) is 28.8 Å². The molecule has 15 heterocycles. The van der Waals surface area contributed by atoms with Crippen molar-refractivity contribution in [3.05, 3.63) is 404 Å². The van der Waals surface area contributed by atoms with Gasteiger partial charge in [0.1, 0.15) is 103 Å². The highest BCUT2D eigenvalue weighted by atomic mass is 16.5. The summed E-state index contributed by atoms with van der Waals surface area (Å²) >= 11 is 0. The molecule has 0 atom stereocenters. The van der Waals surface area contributed by atoms with E-state index in [2.05, 4.69) is 74.9 Å². The van der Waals surface area contributed by atoms with Crippen molar-refractivity contribution in [3.8, 4) is 69.0 Å². The zero-order valence-electron chi connectivity index (χ0n) is 74.3. The van der Waals surface area contributed by atoms with Crippen LogP contribution in [0.1, 0.15) is 174 Å². The van der Waals surface area contributed by atoms with Gasteiger partial charge in [-0.25, -0.2) is 0 Å². The number of Topliss-reactive ketones (excluding diaryl/α,β-unsaturated/α-hetero) is 6. The van der Waals surface area contributed by atoms with Crippen LogP contribution in [0.4, 0.5) is 0 Å². The fourth-order valence-electron chi connectivity index (χ4n) is 14.1. The van der Waals surface area contributed by atoms with Gasteiger partial charge in [-0.05, 0) is 170 Å². The maximum Gasteiger partial charge on any atom is 0.187 e. The number of carbonyl (C=O) groups is 6. The molecule has 0 radical (unpaired) electrons. The maximum absolute atomic E-state index is 12.4. The smallest absolute Gasteiger partial charge is 0.187 e. The third kappa shape index (κ3) is 31.9. The molecule has 0 aliphatic heterocycles. The van der Waals surface area contributed by atoms with E-state index in [4.69, 9.17) is 28.4 Å². The van der Waals surface area contributed by atoms with Crippen LogP contribution in [0.5, 0.6) is 69.0 Å². The van der Waals surface area contributed by atoms with Crippen LogP contribution in [-0.4, -0.2) is 114 Å². The molecular formula is C106H98N16O12. The minimum Gasteiger partial charge on any atom is -0.456 e. The Morgan fingerprint density at radius 3 is 0.933 bits per heavy atom. The molecule has 674 valence electrons. The number of rotatable bonds is 31. The quantitative estimate of drug-likeness (QED) is 0.0364. The minimum atomic E-state index is -0.102. The summed E-state index contributed by atoms with van der Waals surface area (Å²) in [5.41, 5.74) is 7.72. The van der Waals surface area contributed by atoms with E-state index in [-0.39, 0.29) is 54.0 Å². The van der Waals surface area contributed by atoms with E-state index in [0.717, 1.165) is 54.6 Å². The van der Waals surface area contributed by atoms with Crippen LogP contribution in [0.15, 0.2) is 336 Å². The molecule has 0 unspecified atom stereocenters. The Bertz CT molecular complexity index is 6430. The Balaban J connectivity index is 0.000000136. The van der Waals surface area contributed by atoms with Crippen molar-refractivity contribution in [1.82, 2.24) is 79.6 Å². The predicted octanol–water partition coefficient (Wildman–Crippen LogP) is 21.6. The summed E-state index contributed by atoms with van der Waals surface area (Å²) in [4.78, 5) is 131. The summed E-state index contributed by atoms with van der Waals surface area (Å²) in [7, 11) is 1.81. The SMILES string of the molecule is CCc1cccc(CC(=O)c2cc(Oc3cccnc3)ccn2)n1.Cc1cccc(CC(=O)c2cc(Oc3cccnc3)ccn2)c1.Cn1ccc(CC(=O)c2cc(Oc3cccnc3)ccn2)n1.O=C(CC1CCCC1)c1cc(Oc2cccnc2)ccn1.O=C(CC1CCCCC1)c1cc(Oc2cccnc2)ccn1.O=C(Cc1ccccn1)c1cc(Oc2cccnc2)ccn1. The average molecular weight is 1790 g/mol. The van der Waals surface area contributed by atoms with Crippen LogP contribution in [0, 0.1) is 18.8 Å². The van der Waals surface area contributed by atoms with Gasteiger partial charge in [0, 0.05) is 167 Å². The lowest BCUT2D eigenvalue weighted by molar-refractivity contribution is 0.0940. The van der Waals surface area contributed by atoms with Crippen LogP contribution in [-0.2, 0) is 39.2 Å². The fourth-order valence-corrected chi connectivity index (χ4v) is 14.1. The topological polar surface area (TPSA) is 356 Å². The van der Waals surface area contributed by atoms with E-state index in [1.165, 1.54) is 32.1 Å². The lowest BCUT2D eigenvalue weighted by Crippen LogP contribution is -2.13. The number of hydrogen-bond donors (Lipinski definition) is 0. The summed E-state index contributed by atoms with van der Waals surface area (Å²) in [6, 6.07) is 62.9. The maximum atomic E-state index is 12.4. The number of benzene rings is 1. The summed E-state index contributed by atoms with van der Waals surface area (Å²) in [5.74, 6) is 8.15. The summed E-state index contributed by atoms with van der Waals surface area (Å²) in [5, 5.41) is 4.19.